The van der Waals surface area contributed by atoms with Crippen LogP contribution in [0, 0.1) is 11.3 Å². The highest BCUT2D eigenvalue weighted by atomic mass is 28.4. The lowest BCUT2D eigenvalue weighted by atomic mass is 9.71. The molecule has 0 aromatic carbocycles. The van der Waals surface area contributed by atoms with E-state index in [1.165, 1.54) is 16.7 Å². The summed E-state index contributed by atoms with van der Waals surface area (Å²) in [6.45, 7) is 20.2. The lowest BCUT2D eigenvalue weighted by molar-refractivity contribution is -0.188. The van der Waals surface area contributed by atoms with Crippen LogP contribution in [0.4, 0.5) is 0 Å². The second-order valence-corrected chi connectivity index (χ2v) is 17.4. The van der Waals surface area contributed by atoms with Gasteiger partial charge in [0.15, 0.2) is 14.1 Å². The maximum atomic E-state index is 14.0. The van der Waals surface area contributed by atoms with Crippen LogP contribution < -0.4 is 0 Å². The molecule has 3 rings (SSSR count). The van der Waals surface area contributed by atoms with E-state index in [0.29, 0.717) is 12.4 Å². The van der Waals surface area contributed by atoms with Crippen LogP contribution in [-0.4, -0.2) is 32.6 Å². The second kappa shape index (κ2) is 12.8. The van der Waals surface area contributed by atoms with Crippen LogP contribution in [-0.2, 0) is 18.7 Å². The fraction of sp³-hybridized carbons (Fsp3) is 0.727. The highest BCUT2D eigenvalue weighted by Crippen LogP contribution is 2.52. The third-order valence-electron chi connectivity index (χ3n) is 9.59. The number of ketones is 1. The summed E-state index contributed by atoms with van der Waals surface area (Å²) in [4.78, 5) is 14.0. The average molecular weight is 543 g/mol. The quantitative estimate of drug-likeness (QED) is 0.256. The molecule has 1 aliphatic heterocycles. The van der Waals surface area contributed by atoms with E-state index >= 15 is 0 Å². The van der Waals surface area contributed by atoms with Crippen molar-refractivity contribution in [3.8, 4) is 0 Å². The molecule has 0 N–H and O–H groups in total. The van der Waals surface area contributed by atoms with E-state index in [1.54, 1.807) is 0 Å². The fourth-order valence-corrected chi connectivity index (χ4v) is 9.34. The van der Waals surface area contributed by atoms with Gasteiger partial charge in [-0.05, 0) is 95.0 Å². The van der Waals surface area contributed by atoms with Gasteiger partial charge in [0, 0.05) is 25.2 Å². The molecule has 3 atom stereocenters. The summed E-state index contributed by atoms with van der Waals surface area (Å²) in [5.74, 6) is 0.0410. The molecular weight excluding hydrogens is 488 g/mol. The van der Waals surface area contributed by atoms with Crippen molar-refractivity contribution < 1.29 is 18.7 Å². The van der Waals surface area contributed by atoms with Gasteiger partial charge in [0.1, 0.15) is 0 Å². The molecule has 0 aromatic rings. The smallest absolute Gasteiger partial charge is 0.205 e. The molecule has 38 heavy (non-hydrogen) atoms. The zero-order chi connectivity index (χ0) is 28.1. The zero-order valence-corrected chi connectivity index (χ0v) is 26.8. The van der Waals surface area contributed by atoms with Gasteiger partial charge in [0.05, 0.1) is 12.7 Å². The summed E-state index contributed by atoms with van der Waals surface area (Å²) >= 11 is 0. The molecule has 0 unspecified atom stereocenters. The van der Waals surface area contributed by atoms with Crippen molar-refractivity contribution in [3.63, 3.8) is 0 Å². The van der Waals surface area contributed by atoms with E-state index in [1.807, 2.05) is 13.8 Å². The van der Waals surface area contributed by atoms with Gasteiger partial charge < -0.3 is 13.9 Å². The Kier molecular flexibility index (Phi) is 10.5. The van der Waals surface area contributed by atoms with E-state index in [2.05, 4.69) is 66.7 Å². The van der Waals surface area contributed by atoms with Gasteiger partial charge in [-0.15, -0.1) is 0 Å². The Labute approximate surface area is 234 Å². The molecule has 0 fully saturated rings. The maximum absolute atomic E-state index is 14.0. The van der Waals surface area contributed by atoms with Crippen LogP contribution in [0.1, 0.15) is 107 Å². The summed E-state index contributed by atoms with van der Waals surface area (Å²) in [7, 11) is -1.77. The SMILES string of the molecule is CC[Si](CC)(CC)O[C@H]1CC/C(C)=C/CC/C(C)=C/C[C@]2(C)C(=O)C3=C(CCOC(C)(C)O3)[C@H]2C/C=C/1C. The molecular formula is C33H54O4Si. The Morgan fingerprint density at radius 3 is 2.26 bits per heavy atom. The number of carbonyl (C=O) groups is 1. The van der Waals surface area contributed by atoms with E-state index in [-0.39, 0.29) is 17.8 Å². The monoisotopic (exact) mass is 542 g/mol. The minimum Gasteiger partial charge on any atom is -0.459 e. The molecule has 1 heterocycles. The summed E-state index contributed by atoms with van der Waals surface area (Å²) in [5.41, 5.74) is 4.78. The van der Waals surface area contributed by atoms with Gasteiger partial charge >= 0.3 is 0 Å². The third kappa shape index (κ3) is 7.00. The third-order valence-corrected chi connectivity index (χ3v) is 14.2. The number of allylic oxidation sites excluding steroid dienone is 6. The first-order valence-corrected chi connectivity index (χ1v) is 17.7. The summed E-state index contributed by atoms with van der Waals surface area (Å²) < 4.78 is 19.3. The van der Waals surface area contributed by atoms with Crippen LogP contribution in [0.15, 0.2) is 46.3 Å². The van der Waals surface area contributed by atoms with Gasteiger partial charge in [-0.2, -0.15) is 0 Å². The van der Waals surface area contributed by atoms with Crippen LogP contribution in [0.5, 0.6) is 0 Å². The van der Waals surface area contributed by atoms with E-state index in [0.717, 1.165) is 68.7 Å². The number of hydrogen-bond acceptors (Lipinski definition) is 4. The van der Waals surface area contributed by atoms with E-state index in [9.17, 15) is 4.79 Å². The molecule has 0 saturated heterocycles. The van der Waals surface area contributed by atoms with Crippen LogP contribution in [0.3, 0.4) is 0 Å². The molecule has 214 valence electrons. The van der Waals surface area contributed by atoms with Crippen molar-refractivity contribution in [1.29, 1.82) is 0 Å². The molecule has 3 aliphatic rings. The Morgan fingerprint density at radius 2 is 1.61 bits per heavy atom. The topological polar surface area (TPSA) is 44.8 Å². The lowest BCUT2D eigenvalue weighted by Gasteiger charge is -2.35. The van der Waals surface area contributed by atoms with Crippen molar-refractivity contribution in [2.45, 2.75) is 137 Å². The molecule has 0 amide bonds. The van der Waals surface area contributed by atoms with Crippen molar-refractivity contribution in [2.24, 2.45) is 11.3 Å². The molecule has 4 nitrogen and oxygen atoms in total. The minimum atomic E-state index is -1.77. The normalized spacial score (nSPS) is 33.7. The van der Waals surface area contributed by atoms with Crippen LogP contribution in [0.25, 0.3) is 0 Å². The van der Waals surface area contributed by atoms with Crippen molar-refractivity contribution >= 4 is 14.1 Å². The van der Waals surface area contributed by atoms with Gasteiger partial charge in [-0.1, -0.05) is 57.1 Å². The molecule has 0 radical (unpaired) electrons. The van der Waals surface area contributed by atoms with Crippen LogP contribution in [0.2, 0.25) is 18.1 Å². The average Bonchev–Trinajstić information content (AvgIpc) is 2.98. The molecule has 0 aromatic heterocycles. The van der Waals surface area contributed by atoms with Gasteiger partial charge in [0.2, 0.25) is 11.6 Å². The number of carbonyl (C=O) groups excluding carboxylic acids is 1. The highest BCUT2D eigenvalue weighted by Gasteiger charge is 2.53. The number of fused-ring (bicyclic) bond motifs is 2. The highest BCUT2D eigenvalue weighted by molar-refractivity contribution is 6.73. The van der Waals surface area contributed by atoms with Gasteiger partial charge in [-0.25, -0.2) is 0 Å². The summed E-state index contributed by atoms with van der Waals surface area (Å²) in [6, 6.07) is 3.46. The first-order chi connectivity index (χ1) is 17.9. The largest absolute Gasteiger partial charge is 0.459 e. The molecule has 2 aliphatic carbocycles. The number of ether oxygens (including phenoxy) is 2. The first kappa shape index (κ1) is 31.1. The van der Waals surface area contributed by atoms with Gasteiger partial charge in [0.25, 0.3) is 0 Å². The summed E-state index contributed by atoms with van der Waals surface area (Å²) in [5, 5.41) is 0. The Bertz CT molecular complexity index is 973. The van der Waals surface area contributed by atoms with Crippen LogP contribution >= 0.6 is 0 Å². The van der Waals surface area contributed by atoms with Crippen molar-refractivity contribution in [3.05, 3.63) is 46.3 Å². The Morgan fingerprint density at radius 1 is 0.947 bits per heavy atom. The second-order valence-electron chi connectivity index (χ2n) is 12.7. The fourth-order valence-electron chi connectivity index (χ4n) is 6.44. The molecule has 0 saturated carbocycles. The number of rotatable bonds is 5. The lowest BCUT2D eigenvalue weighted by Crippen LogP contribution is -2.40. The predicted octanol–water partition coefficient (Wildman–Crippen LogP) is 9.20. The molecule has 0 bridgehead atoms. The first-order valence-electron chi connectivity index (χ1n) is 15.2. The van der Waals surface area contributed by atoms with Crippen molar-refractivity contribution in [2.75, 3.05) is 6.61 Å². The molecule has 5 heteroatoms. The Balaban J connectivity index is 2.04. The molecule has 0 spiro atoms. The number of Topliss-reactive ketones (excluding diaryl/α,β-unsaturated/α-hetero) is 1. The summed E-state index contributed by atoms with van der Waals surface area (Å²) in [6.07, 6.45) is 13.7. The minimum absolute atomic E-state index is 0.109. The standard InChI is InChI=1S/C33H54O4Si/c1-10-38(11-2,12-3)37-29-19-16-24(4)14-13-15-25(5)20-22-33(9)28(18-17-26(29)6)27-21-23-35-32(7,8)36-30(27)31(33)34/h14,17,20,28-29H,10-13,15-16,18-19,21-23H2,1-9H3/b24-14+,25-20+,26-17+/t28-,29+,33+/m1/s1. The zero-order valence-electron chi connectivity index (χ0n) is 25.8. The van der Waals surface area contributed by atoms with E-state index < -0.39 is 19.5 Å². The maximum Gasteiger partial charge on any atom is 0.205 e. The van der Waals surface area contributed by atoms with E-state index in [4.69, 9.17) is 13.9 Å². The Hall–Kier alpha value is -1.43. The van der Waals surface area contributed by atoms with Gasteiger partial charge in [-0.3, -0.25) is 4.79 Å². The number of hydrogen-bond donors (Lipinski definition) is 0. The van der Waals surface area contributed by atoms with Crippen molar-refractivity contribution in [1.82, 2.24) is 0 Å². The predicted molar refractivity (Wildman–Crippen MR) is 160 cm³/mol.